The number of nitrogens with zero attached hydrogens (tertiary/aromatic N) is 1. The second-order valence-electron chi connectivity index (χ2n) is 5.87. The third-order valence-corrected chi connectivity index (χ3v) is 4.19. The SMILES string of the molecule is CCCNC(CC)c1ccn(CCCC2CCCO2)c1. The van der Waals surface area contributed by atoms with Gasteiger partial charge >= 0.3 is 0 Å². The van der Waals surface area contributed by atoms with Crippen LogP contribution < -0.4 is 5.32 Å². The van der Waals surface area contributed by atoms with Gasteiger partial charge in [-0.25, -0.2) is 0 Å². The van der Waals surface area contributed by atoms with Crippen LogP contribution in [-0.2, 0) is 11.3 Å². The molecule has 114 valence electrons. The summed E-state index contributed by atoms with van der Waals surface area (Å²) in [5.74, 6) is 0. The summed E-state index contributed by atoms with van der Waals surface area (Å²) >= 11 is 0. The molecule has 3 nitrogen and oxygen atoms in total. The molecule has 1 aliphatic rings. The Morgan fingerprint density at radius 3 is 3.05 bits per heavy atom. The largest absolute Gasteiger partial charge is 0.378 e. The average molecular weight is 278 g/mol. The molecule has 1 aromatic rings. The standard InChI is InChI=1S/C17H30N2O/c1-3-10-18-17(4-2)15-9-12-19(14-15)11-5-7-16-8-6-13-20-16/h9,12,14,16-18H,3-8,10-11,13H2,1-2H3. The van der Waals surface area contributed by atoms with E-state index in [1.165, 1.54) is 37.7 Å². The Bertz CT molecular complexity index is 369. The maximum absolute atomic E-state index is 5.68. The second-order valence-corrected chi connectivity index (χ2v) is 5.87. The molecule has 2 atom stereocenters. The lowest BCUT2D eigenvalue weighted by Gasteiger charge is -2.15. The number of aryl methyl sites for hydroxylation is 1. The number of hydrogen-bond acceptors (Lipinski definition) is 2. The molecule has 2 heterocycles. The zero-order chi connectivity index (χ0) is 14.2. The Labute approximate surface area is 123 Å². The zero-order valence-corrected chi connectivity index (χ0v) is 13.1. The highest BCUT2D eigenvalue weighted by Crippen LogP contribution is 2.19. The van der Waals surface area contributed by atoms with Crippen molar-refractivity contribution < 1.29 is 4.74 Å². The Balaban J connectivity index is 1.75. The van der Waals surface area contributed by atoms with Crippen LogP contribution in [0.3, 0.4) is 0 Å². The monoisotopic (exact) mass is 278 g/mol. The number of hydrogen-bond donors (Lipinski definition) is 1. The van der Waals surface area contributed by atoms with Gasteiger partial charge in [0.25, 0.3) is 0 Å². The molecule has 0 saturated carbocycles. The summed E-state index contributed by atoms with van der Waals surface area (Å²) in [6.07, 6.45) is 12.3. The van der Waals surface area contributed by atoms with Crippen LogP contribution in [0.25, 0.3) is 0 Å². The van der Waals surface area contributed by atoms with Crippen LogP contribution in [0.1, 0.15) is 64.0 Å². The van der Waals surface area contributed by atoms with Crippen molar-refractivity contribution >= 4 is 0 Å². The lowest BCUT2D eigenvalue weighted by atomic mass is 10.1. The maximum atomic E-state index is 5.68. The van der Waals surface area contributed by atoms with Gasteiger partial charge in [-0.15, -0.1) is 0 Å². The fourth-order valence-electron chi connectivity index (χ4n) is 2.99. The molecule has 2 unspecified atom stereocenters. The Kier molecular flexibility index (Phi) is 6.61. The van der Waals surface area contributed by atoms with Crippen molar-refractivity contribution in [2.45, 2.75) is 71.1 Å². The van der Waals surface area contributed by atoms with E-state index in [0.717, 1.165) is 26.1 Å². The van der Waals surface area contributed by atoms with Crippen molar-refractivity contribution in [3.05, 3.63) is 24.0 Å². The van der Waals surface area contributed by atoms with Gasteiger partial charge in [0, 0.05) is 31.6 Å². The van der Waals surface area contributed by atoms with Crippen LogP contribution in [0.2, 0.25) is 0 Å². The maximum Gasteiger partial charge on any atom is 0.0576 e. The summed E-state index contributed by atoms with van der Waals surface area (Å²) in [6, 6.07) is 2.78. The van der Waals surface area contributed by atoms with Crippen molar-refractivity contribution in [1.29, 1.82) is 0 Å². The second kappa shape index (κ2) is 8.48. The van der Waals surface area contributed by atoms with Gasteiger partial charge in [-0.05, 0) is 56.7 Å². The molecule has 0 amide bonds. The molecule has 2 rings (SSSR count). The van der Waals surface area contributed by atoms with E-state index in [-0.39, 0.29) is 0 Å². The van der Waals surface area contributed by atoms with Crippen molar-refractivity contribution in [2.24, 2.45) is 0 Å². The molecule has 0 aliphatic carbocycles. The van der Waals surface area contributed by atoms with Crippen molar-refractivity contribution in [2.75, 3.05) is 13.2 Å². The molecule has 0 aromatic carbocycles. The van der Waals surface area contributed by atoms with E-state index in [1.54, 1.807) is 0 Å². The Morgan fingerprint density at radius 2 is 2.35 bits per heavy atom. The lowest BCUT2D eigenvalue weighted by Crippen LogP contribution is -2.21. The summed E-state index contributed by atoms with van der Waals surface area (Å²) < 4.78 is 8.01. The Hall–Kier alpha value is -0.800. The van der Waals surface area contributed by atoms with Gasteiger partial charge in [-0.2, -0.15) is 0 Å². The zero-order valence-electron chi connectivity index (χ0n) is 13.1. The number of ether oxygens (including phenoxy) is 1. The molecule has 0 radical (unpaired) electrons. The number of rotatable bonds is 9. The molecule has 1 N–H and O–H groups in total. The molecule has 1 aromatic heterocycles. The van der Waals surface area contributed by atoms with E-state index in [4.69, 9.17) is 4.74 Å². The minimum absolute atomic E-state index is 0.509. The van der Waals surface area contributed by atoms with E-state index in [0.29, 0.717) is 12.1 Å². The minimum atomic E-state index is 0.509. The minimum Gasteiger partial charge on any atom is -0.378 e. The van der Waals surface area contributed by atoms with Crippen LogP contribution in [0.15, 0.2) is 18.5 Å². The smallest absolute Gasteiger partial charge is 0.0576 e. The van der Waals surface area contributed by atoms with Crippen molar-refractivity contribution in [3.8, 4) is 0 Å². The number of nitrogens with one attached hydrogen (secondary N) is 1. The normalized spacial score (nSPS) is 20.4. The quantitative estimate of drug-likeness (QED) is 0.741. The molecule has 1 aliphatic heterocycles. The molecule has 0 bridgehead atoms. The van der Waals surface area contributed by atoms with E-state index in [2.05, 4.69) is 42.2 Å². The molecule has 0 spiro atoms. The van der Waals surface area contributed by atoms with Gasteiger partial charge in [-0.3, -0.25) is 0 Å². The predicted molar refractivity (Wildman–Crippen MR) is 84.0 cm³/mol. The van der Waals surface area contributed by atoms with Crippen molar-refractivity contribution in [1.82, 2.24) is 9.88 Å². The van der Waals surface area contributed by atoms with Gasteiger partial charge in [0.1, 0.15) is 0 Å². The van der Waals surface area contributed by atoms with Gasteiger partial charge in [0.05, 0.1) is 6.10 Å². The van der Waals surface area contributed by atoms with Gasteiger partial charge < -0.3 is 14.6 Å². The fourth-order valence-corrected chi connectivity index (χ4v) is 2.99. The van der Waals surface area contributed by atoms with Crippen molar-refractivity contribution in [3.63, 3.8) is 0 Å². The Morgan fingerprint density at radius 1 is 1.45 bits per heavy atom. The molecule has 3 heteroatoms. The lowest BCUT2D eigenvalue weighted by molar-refractivity contribution is 0.101. The molecule has 20 heavy (non-hydrogen) atoms. The highest BCUT2D eigenvalue weighted by molar-refractivity contribution is 5.15. The van der Waals surface area contributed by atoms with Gasteiger partial charge in [0.15, 0.2) is 0 Å². The first-order valence-electron chi connectivity index (χ1n) is 8.34. The molecular weight excluding hydrogens is 248 g/mol. The third kappa shape index (κ3) is 4.64. The van der Waals surface area contributed by atoms with E-state index in [9.17, 15) is 0 Å². The van der Waals surface area contributed by atoms with E-state index in [1.807, 2.05) is 0 Å². The highest BCUT2D eigenvalue weighted by atomic mass is 16.5. The first-order chi connectivity index (χ1) is 9.83. The van der Waals surface area contributed by atoms with Crippen LogP contribution in [-0.4, -0.2) is 23.8 Å². The van der Waals surface area contributed by atoms with Crippen LogP contribution in [0.4, 0.5) is 0 Å². The van der Waals surface area contributed by atoms with E-state index >= 15 is 0 Å². The summed E-state index contributed by atoms with van der Waals surface area (Å²) in [5.41, 5.74) is 1.43. The fraction of sp³-hybridized carbons (Fsp3) is 0.765. The number of aromatic nitrogens is 1. The summed E-state index contributed by atoms with van der Waals surface area (Å²) in [5, 5.41) is 3.62. The highest BCUT2D eigenvalue weighted by Gasteiger charge is 2.15. The van der Waals surface area contributed by atoms with Crippen LogP contribution in [0.5, 0.6) is 0 Å². The first kappa shape index (κ1) is 15.6. The van der Waals surface area contributed by atoms with Crippen LogP contribution >= 0.6 is 0 Å². The average Bonchev–Trinajstić information content (AvgIpc) is 3.12. The third-order valence-electron chi connectivity index (χ3n) is 4.19. The topological polar surface area (TPSA) is 26.2 Å². The molecular formula is C17H30N2O. The van der Waals surface area contributed by atoms with E-state index < -0.39 is 0 Å². The molecule has 1 fully saturated rings. The molecule has 1 saturated heterocycles. The summed E-state index contributed by atoms with van der Waals surface area (Å²) in [4.78, 5) is 0. The predicted octanol–water partition coefficient (Wildman–Crippen LogP) is 3.90. The first-order valence-corrected chi connectivity index (χ1v) is 8.34. The summed E-state index contributed by atoms with van der Waals surface area (Å²) in [7, 11) is 0. The van der Waals surface area contributed by atoms with Crippen LogP contribution in [0, 0.1) is 0 Å². The summed E-state index contributed by atoms with van der Waals surface area (Å²) in [6.45, 7) is 7.66. The van der Waals surface area contributed by atoms with Gasteiger partial charge in [0.2, 0.25) is 0 Å². The van der Waals surface area contributed by atoms with Gasteiger partial charge in [-0.1, -0.05) is 13.8 Å².